The maximum Gasteiger partial charge on any atom is 0.203 e. The van der Waals surface area contributed by atoms with Gasteiger partial charge in [0.05, 0.1) is 0 Å². The molecule has 0 aliphatic heterocycles. The Morgan fingerprint density at radius 3 is 2.72 bits per heavy atom. The number of halogens is 2. The second-order valence-corrected chi connectivity index (χ2v) is 7.04. The van der Waals surface area contributed by atoms with Gasteiger partial charge in [0, 0.05) is 22.0 Å². The highest BCUT2D eigenvalue weighted by Crippen LogP contribution is 2.28. The van der Waals surface area contributed by atoms with Gasteiger partial charge in [0.15, 0.2) is 5.65 Å². The van der Waals surface area contributed by atoms with Crippen LogP contribution in [-0.2, 0) is 5.75 Å². The van der Waals surface area contributed by atoms with E-state index in [1.165, 1.54) is 0 Å². The van der Waals surface area contributed by atoms with Gasteiger partial charge < -0.3 is 0 Å². The second kappa shape index (κ2) is 7.00. The van der Waals surface area contributed by atoms with Crippen molar-refractivity contribution in [3.63, 3.8) is 0 Å². The fourth-order valence-electron chi connectivity index (χ4n) is 2.29. The summed E-state index contributed by atoms with van der Waals surface area (Å²) in [5.74, 6) is 1.30. The molecule has 1 aromatic carbocycles. The summed E-state index contributed by atoms with van der Waals surface area (Å²) in [5.41, 5.74) is 2.41. The Hall–Kier alpha value is -2.15. The third-order valence-electron chi connectivity index (χ3n) is 3.52. The monoisotopic (exact) mass is 387 g/mol. The van der Waals surface area contributed by atoms with Crippen LogP contribution in [0.3, 0.4) is 0 Å². The number of hydrogen-bond acceptors (Lipinski definition) is 5. The highest BCUT2D eigenvalue weighted by Gasteiger charge is 2.11. The maximum atomic E-state index is 6.23. The van der Waals surface area contributed by atoms with Crippen molar-refractivity contribution in [1.29, 1.82) is 0 Å². The van der Waals surface area contributed by atoms with Crippen LogP contribution in [0.4, 0.5) is 0 Å². The summed E-state index contributed by atoms with van der Waals surface area (Å²) in [6, 6.07) is 15.0. The first-order valence-corrected chi connectivity index (χ1v) is 9.15. The molecular formula is C17H11Cl2N5S. The highest BCUT2D eigenvalue weighted by molar-refractivity contribution is 7.98. The average molecular weight is 388 g/mol. The largest absolute Gasteiger partial charge is 0.253 e. The minimum Gasteiger partial charge on any atom is -0.253 e. The number of fused-ring (bicyclic) bond motifs is 1. The zero-order chi connectivity index (χ0) is 17.2. The molecule has 0 atom stereocenters. The molecule has 3 aromatic heterocycles. The third kappa shape index (κ3) is 3.46. The minimum atomic E-state index is 0.613. The first-order chi connectivity index (χ1) is 12.2. The van der Waals surface area contributed by atoms with Gasteiger partial charge >= 0.3 is 0 Å². The minimum absolute atomic E-state index is 0.613. The summed E-state index contributed by atoms with van der Waals surface area (Å²) in [6.45, 7) is 0. The van der Waals surface area contributed by atoms with Gasteiger partial charge in [0.1, 0.15) is 10.7 Å². The van der Waals surface area contributed by atoms with Gasteiger partial charge in [-0.3, -0.25) is 4.98 Å². The number of benzene rings is 1. The third-order valence-corrected chi connectivity index (χ3v) is 5.08. The summed E-state index contributed by atoms with van der Waals surface area (Å²) in [6.07, 6.45) is 1.72. The molecule has 0 aliphatic carbocycles. The predicted molar refractivity (Wildman–Crippen MR) is 100 cm³/mol. The van der Waals surface area contributed by atoms with Crippen LogP contribution in [0.1, 0.15) is 5.56 Å². The fraction of sp³-hybridized carbons (Fsp3) is 0.0588. The predicted octanol–water partition coefficient (Wildman–Crippen LogP) is 4.79. The lowest BCUT2D eigenvalue weighted by atomic mass is 10.2. The van der Waals surface area contributed by atoms with Gasteiger partial charge in [-0.05, 0) is 42.0 Å². The van der Waals surface area contributed by atoms with E-state index < -0.39 is 0 Å². The molecule has 4 rings (SSSR count). The molecule has 5 nitrogen and oxygen atoms in total. The van der Waals surface area contributed by atoms with Crippen molar-refractivity contribution in [2.24, 2.45) is 0 Å². The lowest BCUT2D eigenvalue weighted by Gasteiger charge is -2.05. The van der Waals surface area contributed by atoms with Gasteiger partial charge in [-0.1, -0.05) is 47.1 Å². The number of aromatic nitrogens is 5. The maximum absolute atomic E-state index is 6.23. The summed E-state index contributed by atoms with van der Waals surface area (Å²) < 4.78 is 1.70. The number of hydrogen-bond donors (Lipinski definition) is 0. The molecule has 3 heterocycles. The second-order valence-electron chi connectivity index (χ2n) is 5.20. The first kappa shape index (κ1) is 16.3. The van der Waals surface area contributed by atoms with Crippen molar-refractivity contribution in [1.82, 2.24) is 24.8 Å². The van der Waals surface area contributed by atoms with Crippen LogP contribution in [0.2, 0.25) is 10.0 Å². The van der Waals surface area contributed by atoms with E-state index in [1.54, 1.807) is 28.5 Å². The van der Waals surface area contributed by atoms with Gasteiger partial charge in [0.2, 0.25) is 5.82 Å². The molecule has 4 aromatic rings. The number of rotatable bonds is 4. The number of thioether (sulfide) groups is 1. The molecular weight excluding hydrogens is 377 g/mol. The SMILES string of the molecule is Clc1ccc(CSc2ccc3nnc(-c4ccccn4)n3n2)c(Cl)c1. The van der Waals surface area contributed by atoms with Crippen LogP contribution >= 0.6 is 35.0 Å². The van der Waals surface area contributed by atoms with Crippen molar-refractivity contribution in [3.8, 4) is 11.5 Å². The van der Waals surface area contributed by atoms with Gasteiger partial charge in [-0.2, -0.15) is 9.61 Å². The van der Waals surface area contributed by atoms with Gasteiger partial charge in [-0.25, -0.2) is 0 Å². The summed E-state index contributed by atoms with van der Waals surface area (Å²) in [4.78, 5) is 4.31. The van der Waals surface area contributed by atoms with E-state index in [0.29, 0.717) is 27.3 Å². The van der Waals surface area contributed by atoms with Crippen LogP contribution < -0.4 is 0 Å². The van der Waals surface area contributed by atoms with Crippen molar-refractivity contribution in [2.75, 3.05) is 0 Å². The molecule has 0 amide bonds. The molecule has 8 heteroatoms. The van der Waals surface area contributed by atoms with E-state index in [-0.39, 0.29) is 0 Å². The van der Waals surface area contributed by atoms with E-state index in [2.05, 4.69) is 20.3 Å². The van der Waals surface area contributed by atoms with Crippen molar-refractivity contribution in [3.05, 3.63) is 70.3 Å². The van der Waals surface area contributed by atoms with Crippen LogP contribution in [0, 0.1) is 0 Å². The van der Waals surface area contributed by atoms with Crippen molar-refractivity contribution in [2.45, 2.75) is 10.8 Å². The average Bonchev–Trinajstić information content (AvgIpc) is 3.05. The number of pyridine rings is 1. The molecule has 0 radical (unpaired) electrons. The molecule has 0 aliphatic rings. The van der Waals surface area contributed by atoms with E-state index >= 15 is 0 Å². The quantitative estimate of drug-likeness (QED) is 0.471. The standard InChI is InChI=1S/C17H11Cl2N5S/c18-12-5-4-11(13(19)9-12)10-25-16-7-6-15-21-22-17(24(15)23-16)14-3-1-2-8-20-14/h1-9H,10H2. The summed E-state index contributed by atoms with van der Waals surface area (Å²) in [5, 5.41) is 15.1. The Morgan fingerprint density at radius 2 is 1.92 bits per heavy atom. The topological polar surface area (TPSA) is 56.0 Å². The molecule has 25 heavy (non-hydrogen) atoms. The van der Waals surface area contributed by atoms with Crippen LogP contribution in [-0.4, -0.2) is 24.8 Å². The van der Waals surface area contributed by atoms with Gasteiger partial charge in [0.25, 0.3) is 0 Å². The van der Waals surface area contributed by atoms with Gasteiger partial charge in [-0.15, -0.1) is 10.2 Å². The lowest BCUT2D eigenvalue weighted by Crippen LogP contribution is -1.97. The molecule has 0 N–H and O–H groups in total. The molecule has 0 saturated carbocycles. The zero-order valence-electron chi connectivity index (χ0n) is 12.8. The van der Waals surface area contributed by atoms with E-state index in [9.17, 15) is 0 Å². The number of nitrogens with zero attached hydrogens (tertiary/aromatic N) is 5. The Labute approximate surface area is 158 Å². The summed E-state index contributed by atoms with van der Waals surface area (Å²) in [7, 11) is 0. The molecule has 0 bridgehead atoms. The molecule has 0 fully saturated rings. The first-order valence-electron chi connectivity index (χ1n) is 7.41. The normalized spacial score (nSPS) is 11.1. The Morgan fingerprint density at radius 1 is 1.00 bits per heavy atom. The molecule has 124 valence electrons. The van der Waals surface area contributed by atoms with E-state index in [0.717, 1.165) is 16.3 Å². The zero-order valence-corrected chi connectivity index (χ0v) is 15.1. The van der Waals surface area contributed by atoms with Crippen LogP contribution in [0.25, 0.3) is 17.2 Å². The molecule has 0 unspecified atom stereocenters. The van der Waals surface area contributed by atoms with Crippen molar-refractivity contribution < 1.29 is 0 Å². The Kier molecular flexibility index (Phi) is 4.57. The molecule has 0 saturated heterocycles. The fourth-order valence-corrected chi connectivity index (χ4v) is 3.71. The van der Waals surface area contributed by atoms with Crippen LogP contribution in [0.5, 0.6) is 0 Å². The molecule has 0 spiro atoms. The highest BCUT2D eigenvalue weighted by atomic mass is 35.5. The van der Waals surface area contributed by atoms with E-state index in [4.69, 9.17) is 23.2 Å². The Bertz CT molecular complexity index is 1040. The Balaban J connectivity index is 1.62. The smallest absolute Gasteiger partial charge is 0.203 e. The summed E-state index contributed by atoms with van der Waals surface area (Å²) >= 11 is 13.7. The lowest BCUT2D eigenvalue weighted by molar-refractivity contribution is 0.857. The van der Waals surface area contributed by atoms with Crippen molar-refractivity contribution >= 4 is 40.6 Å². The van der Waals surface area contributed by atoms with E-state index in [1.807, 2.05) is 42.5 Å². The van der Waals surface area contributed by atoms with Crippen LogP contribution in [0.15, 0.2) is 59.8 Å².